The minimum atomic E-state index is -0.774. The van der Waals surface area contributed by atoms with Gasteiger partial charge in [-0.2, -0.15) is 0 Å². The number of hydrogen-bond acceptors (Lipinski definition) is 5. The molecule has 0 spiro atoms. The zero-order valence-corrected chi connectivity index (χ0v) is 54.8. The van der Waals surface area contributed by atoms with Crippen LogP contribution in [0.25, 0.3) is 0 Å². The van der Waals surface area contributed by atoms with E-state index in [2.05, 4.69) is 98.9 Å². The maximum atomic E-state index is 12.4. The minimum Gasteiger partial charge on any atom is -0.462 e. The molecule has 0 heterocycles. The monoisotopic (exact) mass is 1140 g/mol. The van der Waals surface area contributed by atoms with Gasteiger partial charge in [0.15, 0.2) is 6.10 Å². The number of rotatable bonds is 67. The van der Waals surface area contributed by atoms with E-state index in [1.165, 1.54) is 270 Å². The molecule has 0 aromatic rings. The van der Waals surface area contributed by atoms with Crippen LogP contribution in [-0.4, -0.2) is 36.4 Å². The number of aliphatic hydroxyl groups excluding tert-OH is 1. The van der Waals surface area contributed by atoms with Gasteiger partial charge in [-0.25, -0.2) is 0 Å². The summed E-state index contributed by atoms with van der Waals surface area (Å²) in [4.78, 5) is 24.7. The second-order valence-electron chi connectivity index (χ2n) is 24.3. The summed E-state index contributed by atoms with van der Waals surface area (Å²) in [6.45, 7) is 4.06. The summed E-state index contributed by atoms with van der Waals surface area (Å²) < 4.78 is 10.8. The van der Waals surface area contributed by atoms with E-state index < -0.39 is 6.10 Å². The number of ether oxygens (including phenoxy) is 2. The fraction of sp³-hybridized carbons (Fsp3) is 0.792. The largest absolute Gasteiger partial charge is 0.462 e. The molecule has 0 fully saturated rings. The van der Waals surface area contributed by atoms with Crippen LogP contribution in [-0.2, 0) is 19.1 Å². The molecule has 0 radical (unpaired) electrons. The summed E-state index contributed by atoms with van der Waals surface area (Å²) in [5, 5.41) is 9.71. The van der Waals surface area contributed by atoms with Crippen LogP contribution in [0.5, 0.6) is 0 Å². The first kappa shape index (κ1) is 79.1. The summed E-state index contributed by atoms with van der Waals surface area (Å²) in [5.41, 5.74) is 0. The summed E-state index contributed by atoms with van der Waals surface area (Å²) in [6.07, 6.45) is 102. The molecule has 1 unspecified atom stereocenters. The molecule has 0 saturated heterocycles. The van der Waals surface area contributed by atoms with E-state index in [0.717, 1.165) is 77.0 Å². The average Bonchev–Trinajstić information content (AvgIpc) is 3.49. The van der Waals surface area contributed by atoms with Gasteiger partial charge in [-0.15, -0.1) is 0 Å². The quantitative estimate of drug-likeness (QED) is 0.0373. The molecule has 5 heteroatoms. The number of carbonyl (C=O) groups excluding carboxylic acids is 2. The van der Waals surface area contributed by atoms with Crippen LogP contribution in [0.2, 0.25) is 0 Å². The molecule has 0 amide bonds. The van der Waals surface area contributed by atoms with E-state index in [1.54, 1.807) is 0 Å². The van der Waals surface area contributed by atoms with E-state index >= 15 is 0 Å². The highest BCUT2D eigenvalue weighted by molar-refractivity contribution is 5.70. The number of hydrogen-bond donors (Lipinski definition) is 1. The number of allylic oxidation sites excluding steroid dienone is 14. The van der Waals surface area contributed by atoms with Gasteiger partial charge in [0, 0.05) is 12.8 Å². The Morgan fingerprint density at radius 3 is 0.793 bits per heavy atom. The summed E-state index contributed by atoms with van der Waals surface area (Å²) in [6, 6.07) is 0. The van der Waals surface area contributed by atoms with Crippen LogP contribution in [0.1, 0.15) is 373 Å². The first-order valence-electron chi connectivity index (χ1n) is 36.1. The van der Waals surface area contributed by atoms with Gasteiger partial charge in [-0.05, 0) is 89.9 Å². The van der Waals surface area contributed by atoms with Gasteiger partial charge < -0.3 is 14.6 Å². The number of esters is 2. The lowest BCUT2D eigenvalue weighted by molar-refractivity contribution is -0.161. The van der Waals surface area contributed by atoms with Crippen LogP contribution < -0.4 is 0 Å². The smallest absolute Gasteiger partial charge is 0.306 e. The summed E-state index contributed by atoms with van der Waals surface area (Å²) in [7, 11) is 0. The lowest BCUT2D eigenvalue weighted by atomic mass is 10.0. The highest BCUT2D eigenvalue weighted by atomic mass is 16.6. The van der Waals surface area contributed by atoms with Gasteiger partial charge in [0.05, 0.1) is 6.61 Å². The van der Waals surface area contributed by atoms with Crippen molar-refractivity contribution in [3.8, 4) is 0 Å². The normalized spacial score (nSPS) is 12.7. The number of carbonyl (C=O) groups is 2. The van der Waals surface area contributed by atoms with Crippen LogP contribution >= 0.6 is 0 Å². The van der Waals surface area contributed by atoms with E-state index in [-0.39, 0.29) is 25.2 Å². The van der Waals surface area contributed by atoms with Crippen molar-refractivity contribution in [3.63, 3.8) is 0 Å². The van der Waals surface area contributed by atoms with Gasteiger partial charge >= 0.3 is 11.9 Å². The van der Waals surface area contributed by atoms with Crippen molar-refractivity contribution >= 4 is 11.9 Å². The minimum absolute atomic E-state index is 0.0631. The van der Waals surface area contributed by atoms with Crippen molar-refractivity contribution in [1.29, 1.82) is 0 Å². The molecule has 0 aromatic heterocycles. The molecule has 0 rings (SSSR count). The zero-order chi connectivity index (χ0) is 59.1. The van der Waals surface area contributed by atoms with Crippen LogP contribution in [0.15, 0.2) is 85.1 Å². The van der Waals surface area contributed by atoms with Crippen LogP contribution in [0, 0.1) is 0 Å². The molecule has 1 atom stereocenters. The fourth-order valence-corrected chi connectivity index (χ4v) is 10.8. The third kappa shape index (κ3) is 69.6. The van der Waals surface area contributed by atoms with Crippen molar-refractivity contribution in [2.45, 2.75) is 380 Å². The molecular weight excluding hydrogens is 1000 g/mol. The van der Waals surface area contributed by atoms with Gasteiger partial charge in [0.25, 0.3) is 0 Å². The van der Waals surface area contributed by atoms with Gasteiger partial charge in [-0.1, -0.05) is 356 Å². The Morgan fingerprint density at radius 2 is 0.524 bits per heavy atom. The molecule has 0 aliphatic carbocycles. The maximum Gasteiger partial charge on any atom is 0.306 e. The molecule has 0 aliphatic heterocycles. The Morgan fingerprint density at radius 1 is 0.293 bits per heavy atom. The van der Waals surface area contributed by atoms with E-state index in [1.807, 2.05) is 0 Å². The topological polar surface area (TPSA) is 72.8 Å². The average molecular weight is 1140 g/mol. The molecule has 82 heavy (non-hydrogen) atoms. The standard InChI is InChI=1S/C77H138O5/c1-3-5-7-9-11-13-15-17-19-21-23-25-27-29-31-33-35-36-37-38-39-40-42-44-46-48-50-52-54-56-58-60-62-64-66-68-70-72-77(80)82-75(73-78)74-81-76(79)71-69-67-65-63-61-59-57-55-53-51-49-47-45-43-41-34-32-30-28-26-24-22-20-18-16-14-12-10-8-6-4-2/h5,7,11,13,16-19,22-25,28,30,75,78H,3-4,6,8-10,12,14-15,20-21,26-27,29,31-74H2,1-2H3/b7-5-,13-11-,18-16-,19-17-,24-22-,25-23-,30-28-. The molecule has 1 N–H and O–H groups in total. The second-order valence-corrected chi connectivity index (χ2v) is 24.3. The lowest BCUT2D eigenvalue weighted by Crippen LogP contribution is -2.28. The molecule has 0 bridgehead atoms. The third-order valence-electron chi connectivity index (χ3n) is 16.2. The summed E-state index contributed by atoms with van der Waals surface area (Å²) in [5.74, 6) is -0.572. The van der Waals surface area contributed by atoms with E-state index in [9.17, 15) is 14.7 Å². The Kier molecular flexibility index (Phi) is 69.8. The van der Waals surface area contributed by atoms with Gasteiger partial charge in [0.1, 0.15) is 6.61 Å². The van der Waals surface area contributed by atoms with Crippen molar-refractivity contribution in [2.75, 3.05) is 13.2 Å². The van der Waals surface area contributed by atoms with E-state index in [4.69, 9.17) is 9.47 Å². The van der Waals surface area contributed by atoms with Crippen molar-refractivity contribution in [3.05, 3.63) is 85.1 Å². The van der Waals surface area contributed by atoms with Crippen molar-refractivity contribution in [2.24, 2.45) is 0 Å². The van der Waals surface area contributed by atoms with Crippen LogP contribution in [0.3, 0.4) is 0 Å². The summed E-state index contributed by atoms with van der Waals surface area (Å²) >= 11 is 0. The first-order chi connectivity index (χ1) is 40.6. The van der Waals surface area contributed by atoms with Crippen molar-refractivity contribution in [1.82, 2.24) is 0 Å². The van der Waals surface area contributed by atoms with Gasteiger partial charge in [0.2, 0.25) is 0 Å². The predicted molar refractivity (Wildman–Crippen MR) is 362 cm³/mol. The molecule has 0 saturated carbocycles. The maximum absolute atomic E-state index is 12.4. The number of unbranched alkanes of at least 4 members (excludes halogenated alkanes) is 45. The molecule has 5 nitrogen and oxygen atoms in total. The second kappa shape index (κ2) is 72.3. The van der Waals surface area contributed by atoms with Crippen molar-refractivity contribution < 1.29 is 24.2 Å². The Hall–Kier alpha value is -2.92. The molecule has 0 aromatic carbocycles. The Balaban J connectivity index is 3.41. The van der Waals surface area contributed by atoms with Crippen LogP contribution in [0.4, 0.5) is 0 Å². The third-order valence-corrected chi connectivity index (χ3v) is 16.2. The molecular formula is C77H138O5. The fourth-order valence-electron chi connectivity index (χ4n) is 10.8. The Labute approximate surface area is 511 Å². The Bertz CT molecular complexity index is 1480. The number of aliphatic hydroxyl groups is 1. The molecule has 0 aliphatic rings. The molecule has 476 valence electrons. The van der Waals surface area contributed by atoms with Gasteiger partial charge in [-0.3, -0.25) is 9.59 Å². The highest BCUT2D eigenvalue weighted by Crippen LogP contribution is 2.19. The van der Waals surface area contributed by atoms with E-state index in [0.29, 0.717) is 12.8 Å². The zero-order valence-electron chi connectivity index (χ0n) is 54.8. The predicted octanol–water partition coefficient (Wildman–Crippen LogP) is 25.2. The SMILES string of the molecule is CC/C=C\C/C=C\C/C=C\C/C=C\CCCCCCCCCCCCCCCCCCCCCCCCCCC(=O)OC(CO)COC(=O)CCCCCCCCCCCCCCCCCC/C=C\C/C=C\C/C=C\CCCCCCC. The highest BCUT2D eigenvalue weighted by Gasteiger charge is 2.16. The first-order valence-corrected chi connectivity index (χ1v) is 36.1. The lowest BCUT2D eigenvalue weighted by Gasteiger charge is -2.15.